The summed E-state index contributed by atoms with van der Waals surface area (Å²) < 4.78 is 11.4. The van der Waals surface area contributed by atoms with Gasteiger partial charge >= 0.3 is 6.09 Å². The Morgan fingerprint density at radius 2 is 1.58 bits per heavy atom. The van der Waals surface area contributed by atoms with Crippen LogP contribution in [0.25, 0.3) is 0 Å². The van der Waals surface area contributed by atoms with Crippen LogP contribution in [0.4, 0.5) is 4.79 Å². The van der Waals surface area contributed by atoms with Crippen molar-refractivity contribution in [1.82, 2.24) is 4.90 Å². The van der Waals surface area contributed by atoms with Crippen LogP contribution in [0.15, 0.2) is 60.7 Å². The molecule has 1 fully saturated rings. The quantitative estimate of drug-likeness (QED) is 0.702. The second-order valence-electron chi connectivity index (χ2n) is 7.68. The average molecular weight is 353 g/mol. The fraction of sp³-hybridized carbons (Fsp3) is 0.409. The number of ether oxygens (including phenoxy) is 2. The lowest BCUT2D eigenvalue weighted by Crippen LogP contribution is -2.39. The molecule has 0 saturated carbocycles. The SMILES string of the molecule is CC(C)(C)OC(=O)N(Cc1ccccc1)C1O[C@H]1CCc1ccccc1. The maximum absolute atomic E-state index is 12.7. The minimum atomic E-state index is -0.527. The number of epoxide rings is 1. The Balaban J connectivity index is 1.63. The Bertz CT molecular complexity index is 709. The van der Waals surface area contributed by atoms with Gasteiger partial charge in [-0.25, -0.2) is 4.79 Å². The molecule has 2 aromatic rings. The van der Waals surface area contributed by atoms with Gasteiger partial charge in [0.1, 0.15) is 11.7 Å². The smallest absolute Gasteiger partial charge is 0.412 e. The summed E-state index contributed by atoms with van der Waals surface area (Å²) in [6, 6.07) is 20.3. The largest absolute Gasteiger partial charge is 0.444 e. The molecule has 4 nitrogen and oxygen atoms in total. The molecule has 26 heavy (non-hydrogen) atoms. The first-order valence-corrected chi connectivity index (χ1v) is 9.15. The Labute approximate surface area is 155 Å². The minimum Gasteiger partial charge on any atom is -0.444 e. The molecule has 1 amide bonds. The number of aryl methyl sites for hydroxylation is 1. The van der Waals surface area contributed by atoms with E-state index in [1.54, 1.807) is 4.90 Å². The van der Waals surface area contributed by atoms with Crippen molar-refractivity contribution >= 4 is 6.09 Å². The number of carbonyl (C=O) groups excluding carboxylic acids is 1. The highest BCUT2D eigenvalue weighted by atomic mass is 16.6. The summed E-state index contributed by atoms with van der Waals surface area (Å²) >= 11 is 0. The van der Waals surface area contributed by atoms with E-state index in [0.717, 1.165) is 18.4 Å². The molecule has 3 rings (SSSR count). The highest BCUT2D eigenvalue weighted by Gasteiger charge is 2.46. The van der Waals surface area contributed by atoms with E-state index in [1.165, 1.54) is 5.56 Å². The molecule has 0 aliphatic carbocycles. The van der Waals surface area contributed by atoms with Crippen LogP contribution in [0.3, 0.4) is 0 Å². The van der Waals surface area contributed by atoms with E-state index in [0.29, 0.717) is 6.54 Å². The summed E-state index contributed by atoms with van der Waals surface area (Å²) in [4.78, 5) is 14.4. The van der Waals surface area contributed by atoms with E-state index in [-0.39, 0.29) is 18.4 Å². The van der Waals surface area contributed by atoms with Crippen molar-refractivity contribution in [2.24, 2.45) is 0 Å². The lowest BCUT2D eigenvalue weighted by Gasteiger charge is -2.26. The van der Waals surface area contributed by atoms with Crippen molar-refractivity contribution in [3.05, 3.63) is 71.8 Å². The molecule has 1 aliphatic heterocycles. The standard InChI is InChI=1S/C22H27NO3/c1-22(2,3)26-21(24)23(16-18-12-8-5-9-13-18)20-19(25-20)15-14-17-10-6-4-7-11-17/h4-13,19-20H,14-16H2,1-3H3/t19-,20?/m0/s1. The van der Waals surface area contributed by atoms with Crippen LogP contribution in [0, 0.1) is 0 Å². The van der Waals surface area contributed by atoms with Gasteiger partial charge in [-0.15, -0.1) is 0 Å². The van der Waals surface area contributed by atoms with Crippen LogP contribution >= 0.6 is 0 Å². The molecular formula is C22H27NO3. The van der Waals surface area contributed by atoms with Crippen molar-refractivity contribution in [1.29, 1.82) is 0 Å². The maximum atomic E-state index is 12.7. The topological polar surface area (TPSA) is 42.1 Å². The monoisotopic (exact) mass is 353 g/mol. The molecular weight excluding hydrogens is 326 g/mol. The highest BCUT2D eigenvalue weighted by Crippen LogP contribution is 2.32. The third-order valence-corrected chi connectivity index (χ3v) is 4.25. The molecule has 2 aromatic carbocycles. The fourth-order valence-electron chi connectivity index (χ4n) is 2.93. The van der Waals surface area contributed by atoms with E-state index in [4.69, 9.17) is 9.47 Å². The van der Waals surface area contributed by atoms with Crippen LogP contribution in [0.1, 0.15) is 38.3 Å². The summed E-state index contributed by atoms with van der Waals surface area (Å²) in [5, 5.41) is 0. The normalized spacial score (nSPS) is 19.0. The number of nitrogens with zero attached hydrogens (tertiary/aromatic N) is 1. The molecule has 2 atom stereocenters. The first-order valence-electron chi connectivity index (χ1n) is 9.15. The Kier molecular flexibility index (Phi) is 5.62. The zero-order valence-electron chi connectivity index (χ0n) is 15.7. The van der Waals surface area contributed by atoms with Crippen molar-refractivity contribution < 1.29 is 14.3 Å². The van der Waals surface area contributed by atoms with Crippen LogP contribution < -0.4 is 0 Å². The number of benzene rings is 2. The molecule has 4 heteroatoms. The molecule has 1 saturated heterocycles. The van der Waals surface area contributed by atoms with Gasteiger partial charge in [-0.2, -0.15) is 0 Å². The second kappa shape index (κ2) is 7.92. The molecule has 1 heterocycles. The van der Waals surface area contributed by atoms with Gasteiger partial charge < -0.3 is 9.47 Å². The summed E-state index contributed by atoms with van der Waals surface area (Å²) in [5.41, 5.74) is 1.82. The fourth-order valence-corrected chi connectivity index (χ4v) is 2.93. The molecule has 1 aliphatic rings. The van der Waals surface area contributed by atoms with E-state index in [1.807, 2.05) is 69.3 Å². The Morgan fingerprint density at radius 3 is 2.15 bits per heavy atom. The molecule has 0 N–H and O–H groups in total. The summed E-state index contributed by atoms with van der Waals surface area (Å²) in [7, 11) is 0. The van der Waals surface area contributed by atoms with Gasteiger partial charge in [0.2, 0.25) is 0 Å². The number of rotatable bonds is 6. The highest BCUT2D eigenvalue weighted by molar-refractivity contribution is 5.69. The van der Waals surface area contributed by atoms with E-state index >= 15 is 0 Å². The van der Waals surface area contributed by atoms with Crippen molar-refractivity contribution in [2.75, 3.05) is 0 Å². The molecule has 0 bridgehead atoms. The molecule has 0 radical (unpaired) electrons. The van der Waals surface area contributed by atoms with Crippen molar-refractivity contribution in [3.63, 3.8) is 0 Å². The van der Waals surface area contributed by atoms with Crippen LogP contribution in [0.2, 0.25) is 0 Å². The number of hydrogen-bond acceptors (Lipinski definition) is 3. The molecule has 1 unspecified atom stereocenters. The predicted molar refractivity (Wildman–Crippen MR) is 102 cm³/mol. The first kappa shape index (κ1) is 18.5. The second-order valence-corrected chi connectivity index (χ2v) is 7.68. The van der Waals surface area contributed by atoms with E-state index in [2.05, 4.69) is 12.1 Å². The average Bonchev–Trinajstić information content (AvgIpc) is 3.37. The molecule has 0 spiro atoms. The first-order chi connectivity index (χ1) is 12.4. The lowest BCUT2D eigenvalue weighted by molar-refractivity contribution is 0.0137. The van der Waals surface area contributed by atoms with E-state index in [9.17, 15) is 4.79 Å². The summed E-state index contributed by atoms with van der Waals surface area (Å²) in [5.74, 6) is 0. The van der Waals surface area contributed by atoms with Gasteiger partial charge in [0, 0.05) is 0 Å². The number of hydrogen-bond donors (Lipinski definition) is 0. The van der Waals surface area contributed by atoms with Gasteiger partial charge in [0.15, 0.2) is 6.23 Å². The number of carbonyl (C=O) groups is 1. The zero-order valence-corrected chi connectivity index (χ0v) is 15.7. The zero-order chi connectivity index (χ0) is 18.6. The van der Waals surface area contributed by atoms with Crippen molar-refractivity contribution in [3.8, 4) is 0 Å². The van der Waals surface area contributed by atoms with E-state index < -0.39 is 5.60 Å². The van der Waals surface area contributed by atoms with Gasteiger partial charge in [0.05, 0.1) is 6.54 Å². The minimum absolute atomic E-state index is 0.0615. The third kappa shape index (κ3) is 5.33. The maximum Gasteiger partial charge on any atom is 0.412 e. The van der Waals surface area contributed by atoms with Crippen molar-refractivity contribution in [2.45, 2.75) is 58.1 Å². The Hall–Kier alpha value is -2.33. The van der Waals surface area contributed by atoms with Gasteiger partial charge in [-0.3, -0.25) is 4.90 Å². The van der Waals surface area contributed by atoms with Gasteiger partial charge in [-0.05, 0) is 44.7 Å². The Morgan fingerprint density at radius 1 is 1.00 bits per heavy atom. The van der Waals surface area contributed by atoms with Crippen LogP contribution in [-0.4, -0.2) is 28.9 Å². The van der Waals surface area contributed by atoms with Crippen LogP contribution in [0.5, 0.6) is 0 Å². The lowest BCUT2D eigenvalue weighted by atomic mass is 10.1. The molecule has 138 valence electrons. The van der Waals surface area contributed by atoms with Crippen LogP contribution in [-0.2, 0) is 22.4 Å². The van der Waals surface area contributed by atoms with Gasteiger partial charge in [-0.1, -0.05) is 60.7 Å². The number of amides is 1. The third-order valence-electron chi connectivity index (χ3n) is 4.25. The summed E-state index contributed by atoms with van der Waals surface area (Å²) in [6.07, 6.45) is 1.35. The van der Waals surface area contributed by atoms with Gasteiger partial charge in [0.25, 0.3) is 0 Å². The molecule has 0 aromatic heterocycles. The summed E-state index contributed by atoms with van der Waals surface area (Å²) in [6.45, 7) is 6.13. The predicted octanol–water partition coefficient (Wildman–Crippen LogP) is 4.78.